The summed E-state index contributed by atoms with van der Waals surface area (Å²) in [6, 6.07) is 9.11. The number of ether oxygens (including phenoxy) is 1. The van der Waals surface area contributed by atoms with Crippen LogP contribution in [0, 0.1) is 0 Å². The number of carbonyl (C=O) groups excluding carboxylic acids is 2. The molecule has 2 amide bonds. The first-order chi connectivity index (χ1) is 14.6. The molecule has 0 unspecified atom stereocenters. The minimum Gasteiger partial charge on any atom is -0.447 e. The highest BCUT2D eigenvalue weighted by Crippen LogP contribution is 2.44. The van der Waals surface area contributed by atoms with Gasteiger partial charge in [-0.1, -0.05) is 71.9 Å². The van der Waals surface area contributed by atoms with Gasteiger partial charge >= 0.3 is 6.09 Å². The average Bonchev–Trinajstić information content (AvgIpc) is 3.03. The SMILES string of the molecule is CC(C)[Si](O[C@@H](C)[C@H]1NC(=O)[C@@H]1N1C(=O)OC[C@@H]1Cc1ccccc1)(C(C)C)C(C)C. The Morgan fingerprint density at radius 2 is 1.61 bits per heavy atom. The molecule has 1 aromatic rings. The highest BCUT2D eigenvalue weighted by molar-refractivity contribution is 6.77. The average molecular weight is 447 g/mol. The third kappa shape index (κ3) is 4.39. The van der Waals surface area contributed by atoms with Crippen molar-refractivity contribution in [3.63, 3.8) is 0 Å². The maximum Gasteiger partial charge on any atom is 0.410 e. The molecule has 31 heavy (non-hydrogen) atoms. The van der Waals surface area contributed by atoms with Crippen LogP contribution in [-0.4, -0.2) is 56.1 Å². The molecule has 0 bridgehead atoms. The summed E-state index contributed by atoms with van der Waals surface area (Å²) in [4.78, 5) is 26.9. The van der Waals surface area contributed by atoms with E-state index in [9.17, 15) is 9.59 Å². The van der Waals surface area contributed by atoms with Crippen LogP contribution in [0.1, 0.15) is 54.0 Å². The van der Waals surface area contributed by atoms with Gasteiger partial charge in [-0.25, -0.2) is 4.79 Å². The second-order valence-corrected chi connectivity index (χ2v) is 15.4. The molecule has 0 spiro atoms. The largest absolute Gasteiger partial charge is 0.447 e. The molecule has 6 nitrogen and oxygen atoms in total. The van der Waals surface area contributed by atoms with Crippen LogP contribution in [-0.2, 0) is 20.4 Å². The van der Waals surface area contributed by atoms with Gasteiger partial charge in [0.25, 0.3) is 0 Å². The van der Waals surface area contributed by atoms with Gasteiger partial charge < -0.3 is 14.5 Å². The molecule has 2 aliphatic rings. The Balaban J connectivity index is 1.80. The van der Waals surface area contributed by atoms with Gasteiger partial charge in [0.1, 0.15) is 12.6 Å². The van der Waals surface area contributed by atoms with Crippen LogP contribution in [0.2, 0.25) is 16.6 Å². The molecule has 2 saturated heterocycles. The van der Waals surface area contributed by atoms with Gasteiger partial charge in [-0.15, -0.1) is 0 Å². The lowest BCUT2D eigenvalue weighted by Gasteiger charge is -2.50. The van der Waals surface area contributed by atoms with E-state index in [0.717, 1.165) is 5.56 Å². The highest BCUT2D eigenvalue weighted by Gasteiger charge is 2.55. The molecule has 7 heteroatoms. The van der Waals surface area contributed by atoms with Crippen molar-refractivity contribution in [2.45, 2.75) is 95.7 Å². The van der Waals surface area contributed by atoms with E-state index in [0.29, 0.717) is 29.7 Å². The summed E-state index contributed by atoms with van der Waals surface area (Å²) in [5.41, 5.74) is 2.48. The Hall–Kier alpha value is -1.86. The number of carbonyl (C=O) groups is 2. The fourth-order valence-corrected chi connectivity index (χ4v) is 11.3. The van der Waals surface area contributed by atoms with Crippen LogP contribution in [0.15, 0.2) is 30.3 Å². The smallest absolute Gasteiger partial charge is 0.410 e. The van der Waals surface area contributed by atoms with E-state index in [1.165, 1.54) is 0 Å². The first kappa shape index (κ1) is 23.8. The summed E-state index contributed by atoms with van der Waals surface area (Å²) >= 11 is 0. The lowest BCUT2D eigenvalue weighted by molar-refractivity contribution is -0.139. The molecular formula is C24H38N2O4Si. The van der Waals surface area contributed by atoms with E-state index in [1.54, 1.807) is 4.90 Å². The first-order valence-electron chi connectivity index (χ1n) is 11.6. The van der Waals surface area contributed by atoms with Crippen LogP contribution in [0.25, 0.3) is 0 Å². The van der Waals surface area contributed by atoms with Crippen molar-refractivity contribution in [1.82, 2.24) is 10.2 Å². The Morgan fingerprint density at radius 3 is 2.13 bits per heavy atom. The van der Waals surface area contributed by atoms with Crippen LogP contribution in [0.3, 0.4) is 0 Å². The molecule has 1 aromatic carbocycles. The minimum absolute atomic E-state index is 0.122. The van der Waals surface area contributed by atoms with Gasteiger partial charge in [0.15, 0.2) is 0 Å². The summed E-state index contributed by atoms with van der Waals surface area (Å²) in [6.07, 6.45) is 0.0893. The Bertz CT molecular complexity index is 761. The fraction of sp³-hybridized carbons (Fsp3) is 0.667. The Labute approximate surface area is 187 Å². The summed E-state index contributed by atoms with van der Waals surface area (Å²) < 4.78 is 12.3. The number of nitrogens with one attached hydrogen (secondary N) is 1. The van der Waals surface area contributed by atoms with Gasteiger partial charge in [0, 0.05) is 0 Å². The number of amides is 2. The zero-order valence-electron chi connectivity index (χ0n) is 19.9. The fourth-order valence-electron chi connectivity index (χ4n) is 5.73. The molecule has 2 fully saturated rings. The third-order valence-corrected chi connectivity index (χ3v) is 13.3. The normalized spacial score (nSPS) is 25.1. The number of hydrogen-bond donors (Lipinski definition) is 1. The summed E-state index contributed by atoms with van der Waals surface area (Å²) in [5.74, 6) is -0.122. The summed E-state index contributed by atoms with van der Waals surface area (Å²) in [6.45, 7) is 15.9. The van der Waals surface area contributed by atoms with Crippen molar-refractivity contribution < 1.29 is 18.8 Å². The van der Waals surface area contributed by atoms with Crippen molar-refractivity contribution in [3.05, 3.63) is 35.9 Å². The molecule has 0 aromatic heterocycles. The number of rotatable bonds is 9. The number of nitrogens with zero attached hydrogens (tertiary/aromatic N) is 1. The lowest BCUT2D eigenvalue weighted by atomic mass is 9.91. The molecule has 3 rings (SSSR count). The maximum atomic E-state index is 12.6. The molecule has 0 saturated carbocycles. The Kier molecular flexibility index (Phi) is 7.16. The van der Waals surface area contributed by atoms with Crippen molar-refractivity contribution in [3.8, 4) is 0 Å². The van der Waals surface area contributed by atoms with E-state index in [2.05, 4.69) is 46.9 Å². The minimum atomic E-state index is -2.11. The summed E-state index contributed by atoms with van der Waals surface area (Å²) in [5, 5.41) is 3.02. The van der Waals surface area contributed by atoms with Crippen LogP contribution in [0.5, 0.6) is 0 Å². The van der Waals surface area contributed by atoms with Gasteiger partial charge in [0.05, 0.1) is 18.2 Å². The van der Waals surface area contributed by atoms with Crippen molar-refractivity contribution >= 4 is 20.3 Å². The van der Waals surface area contributed by atoms with E-state index < -0.39 is 20.5 Å². The highest BCUT2D eigenvalue weighted by atomic mass is 28.4. The predicted molar refractivity (Wildman–Crippen MR) is 124 cm³/mol. The zero-order valence-corrected chi connectivity index (χ0v) is 20.9. The van der Waals surface area contributed by atoms with Crippen LogP contribution >= 0.6 is 0 Å². The van der Waals surface area contributed by atoms with Gasteiger partial charge in [-0.2, -0.15) is 0 Å². The number of cyclic esters (lactones) is 1. The van der Waals surface area contributed by atoms with Gasteiger partial charge in [-0.05, 0) is 35.5 Å². The maximum absolute atomic E-state index is 12.6. The van der Waals surface area contributed by atoms with Crippen LogP contribution in [0.4, 0.5) is 4.79 Å². The molecule has 2 aliphatic heterocycles. The first-order valence-corrected chi connectivity index (χ1v) is 13.7. The molecule has 0 aliphatic carbocycles. The number of benzene rings is 1. The van der Waals surface area contributed by atoms with E-state index >= 15 is 0 Å². The number of hydrogen-bond acceptors (Lipinski definition) is 4. The second-order valence-electron chi connectivity index (χ2n) is 9.95. The van der Waals surface area contributed by atoms with E-state index in [4.69, 9.17) is 9.16 Å². The number of β-lactam (4-membered cyclic amide) rings is 1. The lowest BCUT2D eigenvalue weighted by Crippen LogP contribution is -2.74. The molecule has 2 heterocycles. The monoisotopic (exact) mass is 446 g/mol. The molecule has 4 atom stereocenters. The van der Waals surface area contributed by atoms with Crippen molar-refractivity contribution in [2.75, 3.05) is 6.61 Å². The zero-order chi connectivity index (χ0) is 22.9. The summed E-state index contributed by atoms with van der Waals surface area (Å²) in [7, 11) is -2.11. The quantitative estimate of drug-likeness (QED) is 0.448. The van der Waals surface area contributed by atoms with Gasteiger partial charge in [-0.3, -0.25) is 9.69 Å². The van der Waals surface area contributed by atoms with Crippen molar-refractivity contribution in [1.29, 1.82) is 0 Å². The van der Waals surface area contributed by atoms with Gasteiger partial charge in [0.2, 0.25) is 14.2 Å². The topological polar surface area (TPSA) is 67.9 Å². The molecule has 172 valence electrons. The second kappa shape index (κ2) is 9.33. The third-order valence-electron chi connectivity index (χ3n) is 7.14. The van der Waals surface area contributed by atoms with Crippen molar-refractivity contribution in [2.24, 2.45) is 0 Å². The predicted octanol–water partition coefficient (Wildman–Crippen LogP) is 4.50. The van der Waals surface area contributed by atoms with Crippen LogP contribution < -0.4 is 5.32 Å². The molecular weight excluding hydrogens is 408 g/mol. The van der Waals surface area contributed by atoms with E-state index in [1.807, 2.05) is 37.3 Å². The molecule has 0 radical (unpaired) electrons. The van der Waals surface area contributed by atoms with E-state index in [-0.39, 0.29) is 24.1 Å². The Morgan fingerprint density at radius 1 is 1.03 bits per heavy atom. The molecule has 1 N–H and O–H groups in total. The standard InChI is InChI=1S/C24H38N2O4Si/c1-15(2)31(16(3)4,17(5)6)30-18(7)21-22(23(27)25-21)26-20(14-29-24(26)28)13-19-11-9-8-10-12-19/h8-12,15-18,20-22H,13-14H2,1-7H3,(H,25,27)/t18-,20-,21+,22+/m0/s1.